The van der Waals surface area contributed by atoms with Gasteiger partial charge in [-0.05, 0) is 41.9 Å². The Labute approximate surface area is 108 Å². The molecular weight excluding hydrogens is 284 g/mol. The molecule has 90 valence electrons. The Morgan fingerprint density at radius 3 is 2.94 bits per heavy atom. The Morgan fingerprint density at radius 2 is 2.24 bits per heavy atom. The number of rotatable bonds is 3. The van der Waals surface area contributed by atoms with E-state index in [4.69, 9.17) is 4.74 Å². The Balaban J connectivity index is 2.17. The van der Waals surface area contributed by atoms with Crippen molar-refractivity contribution >= 4 is 27.5 Å². The normalized spacial score (nSPS) is 11.1. The molecule has 0 radical (unpaired) electrons. The van der Waals surface area contributed by atoms with Crippen LogP contribution in [0, 0.1) is 0 Å². The molecule has 0 aliphatic carbocycles. The highest BCUT2D eigenvalue weighted by Crippen LogP contribution is 2.13. The van der Waals surface area contributed by atoms with E-state index in [-0.39, 0.29) is 18.5 Å². The van der Waals surface area contributed by atoms with Crippen molar-refractivity contribution in [3.63, 3.8) is 0 Å². The van der Waals surface area contributed by atoms with Crippen LogP contribution in [0.5, 0.6) is 0 Å². The van der Waals surface area contributed by atoms with E-state index in [0.29, 0.717) is 5.69 Å². The van der Waals surface area contributed by atoms with E-state index in [1.165, 1.54) is 0 Å². The molecule has 0 unspecified atom stereocenters. The number of ether oxygens (including phenoxy) is 1. The highest BCUT2D eigenvalue weighted by molar-refractivity contribution is 9.10. The molecule has 0 aromatic carbocycles. The summed E-state index contributed by atoms with van der Waals surface area (Å²) in [7, 11) is 0. The van der Waals surface area contributed by atoms with Gasteiger partial charge in [0.2, 0.25) is 0 Å². The second kappa shape index (κ2) is 4.87. The molecule has 2 aromatic rings. The first kappa shape index (κ1) is 12.1. The van der Waals surface area contributed by atoms with Crippen molar-refractivity contribution in [1.29, 1.82) is 0 Å². The summed E-state index contributed by atoms with van der Waals surface area (Å²) < 4.78 is 7.92. The summed E-state index contributed by atoms with van der Waals surface area (Å²) in [6.07, 6.45) is 3.85. The van der Waals surface area contributed by atoms with Crippen LogP contribution in [-0.4, -0.2) is 21.5 Å². The Kier molecular flexibility index (Phi) is 3.47. The second-order valence-electron chi connectivity index (χ2n) is 4.06. The Morgan fingerprint density at radius 1 is 1.47 bits per heavy atom. The number of fused-ring (bicyclic) bond motifs is 1. The van der Waals surface area contributed by atoms with E-state index in [1.807, 2.05) is 42.8 Å². The van der Waals surface area contributed by atoms with Gasteiger partial charge in [0, 0.05) is 16.9 Å². The lowest BCUT2D eigenvalue weighted by molar-refractivity contribution is -0.146. The van der Waals surface area contributed by atoms with Gasteiger partial charge in [0.25, 0.3) is 0 Å². The molecule has 0 fully saturated rings. The molecule has 5 heteroatoms. The average molecular weight is 297 g/mol. The van der Waals surface area contributed by atoms with Crippen LogP contribution in [0.1, 0.15) is 19.5 Å². The quantitative estimate of drug-likeness (QED) is 0.818. The fourth-order valence-electron chi connectivity index (χ4n) is 1.55. The highest BCUT2D eigenvalue weighted by atomic mass is 79.9. The zero-order chi connectivity index (χ0) is 12.4. The maximum Gasteiger partial charge on any atom is 0.312 e. The fraction of sp³-hybridized carbons (Fsp3) is 0.333. The van der Waals surface area contributed by atoms with Gasteiger partial charge in [-0.2, -0.15) is 0 Å². The molecule has 4 nitrogen and oxygen atoms in total. The van der Waals surface area contributed by atoms with E-state index in [9.17, 15) is 4.79 Å². The van der Waals surface area contributed by atoms with Crippen molar-refractivity contribution in [2.75, 3.05) is 0 Å². The van der Waals surface area contributed by atoms with Crippen LogP contribution in [0.3, 0.4) is 0 Å². The summed E-state index contributed by atoms with van der Waals surface area (Å²) in [5, 5.41) is 0. The molecule has 2 rings (SSSR count). The second-order valence-corrected chi connectivity index (χ2v) is 4.98. The first-order valence-electron chi connectivity index (χ1n) is 5.37. The fourth-order valence-corrected chi connectivity index (χ4v) is 1.91. The minimum Gasteiger partial charge on any atom is -0.463 e. The minimum atomic E-state index is -0.248. The number of imidazole rings is 1. The SMILES string of the molecule is CC(C)OC(=O)Cc1cn2cc(Br)ccc2n1. The summed E-state index contributed by atoms with van der Waals surface area (Å²) in [5.41, 5.74) is 1.54. The summed E-state index contributed by atoms with van der Waals surface area (Å²) in [6, 6.07) is 3.81. The zero-order valence-electron chi connectivity index (χ0n) is 9.68. The van der Waals surface area contributed by atoms with E-state index in [2.05, 4.69) is 20.9 Å². The van der Waals surface area contributed by atoms with Gasteiger partial charge in [-0.25, -0.2) is 4.98 Å². The number of pyridine rings is 1. The lowest BCUT2D eigenvalue weighted by atomic mass is 10.3. The number of halogens is 1. The molecule has 0 spiro atoms. The molecule has 0 amide bonds. The van der Waals surface area contributed by atoms with Crippen molar-refractivity contribution in [3.05, 3.63) is 34.7 Å². The van der Waals surface area contributed by atoms with E-state index in [0.717, 1.165) is 10.1 Å². The maximum atomic E-state index is 11.5. The number of hydrogen-bond donors (Lipinski definition) is 0. The van der Waals surface area contributed by atoms with Crippen molar-refractivity contribution < 1.29 is 9.53 Å². The van der Waals surface area contributed by atoms with Gasteiger partial charge in [0.1, 0.15) is 5.65 Å². The first-order valence-corrected chi connectivity index (χ1v) is 6.16. The lowest BCUT2D eigenvalue weighted by Crippen LogP contribution is -2.13. The molecule has 2 aromatic heterocycles. The molecule has 0 saturated carbocycles. The van der Waals surface area contributed by atoms with Gasteiger partial charge < -0.3 is 9.14 Å². The zero-order valence-corrected chi connectivity index (χ0v) is 11.3. The number of esters is 1. The van der Waals surface area contributed by atoms with E-state index < -0.39 is 0 Å². The average Bonchev–Trinajstić information content (AvgIpc) is 2.57. The van der Waals surface area contributed by atoms with E-state index >= 15 is 0 Å². The first-order chi connectivity index (χ1) is 8.04. The molecule has 2 heterocycles. The van der Waals surface area contributed by atoms with Gasteiger partial charge in [-0.3, -0.25) is 4.79 Å². The summed E-state index contributed by atoms with van der Waals surface area (Å²) >= 11 is 3.39. The number of nitrogens with zero attached hydrogens (tertiary/aromatic N) is 2. The summed E-state index contributed by atoms with van der Waals surface area (Å²) in [5.74, 6) is -0.248. The maximum absolute atomic E-state index is 11.5. The minimum absolute atomic E-state index is 0.0892. The topological polar surface area (TPSA) is 43.6 Å². The Hall–Kier alpha value is -1.36. The van der Waals surface area contributed by atoms with Crippen LogP contribution in [-0.2, 0) is 16.0 Å². The largest absolute Gasteiger partial charge is 0.463 e. The molecule has 0 bridgehead atoms. The van der Waals surface area contributed by atoms with Crippen LogP contribution in [0.15, 0.2) is 29.0 Å². The van der Waals surface area contributed by atoms with Gasteiger partial charge in [-0.1, -0.05) is 0 Å². The van der Waals surface area contributed by atoms with Crippen LogP contribution < -0.4 is 0 Å². The van der Waals surface area contributed by atoms with Crippen LogP contribution in [0.4, 0.5) is 0 Å². The van der Waals surface area contributed by atoms with Crippen molar-refractivity contribution in [1.82, 2.24) is 9.38 Å². The third kappa shape index (κ3) is 3.06. The van der Waals surface area contributed by atoms with Gasteiger partial charge in [0.15, 0.2) is 0 Å². The van der Waals surface area contributed by atoms with Gasteiger partial charge in [-0.15, -0.1) is 0 Å². The third-order valence-corrected chi connectivity index (χ3v) is 2.63. The van der Waals surface area contributed by atoms with Crippen LogP contribution in [0.25, 0.3) is 5.65 Å². The summed E-state index contributed by atoms with van der Waals surface area (Å²) in [4.78, 5) is 15.8. The van der Waals surface area contributed by atoms with Gasteiger partial charge in [0.05, 0.1) is 18.2 Å². The number of carbonyl (C=O) groups is 1. The van der Waals surface area contributed by atoms with Crippen LogP contribution in [0.2, 0.25) is 0 Å². The predicted molar refractivity (Wildman–Crippen MR) is 67.8 cm³/mol. The molecule has 0 atom stereocenters. The molecule has 17 heavy (non-hydrogen) atoms. The third-order valence-electron chi connectivity index (χ3n) is 2.16. The van der Waals surface area contributed by atoms with Crippen LogP contribution >= 0.6 is 15.9 Å². The standard InChI is InChI=1S/C12H13BrN2O2/c1-8(2)17-12(16)5-10-7-15-6-9(13)3-4-11(15)14-10/h3-4,6-8H,5H2,1-2H3. The number of hydrogen-bond acceptors (Lipinski definition) is 3. The Bertz CT molecular complexity index is 548. The summed E-state index contributed by atoms with van der Waals surface area (Å²) in [6.45, 7) is 3.66. The molecule has 0 N–H and O–H groups in total. The molecule has 0 aliphatic rings. The van der Waals surface area contributed by atoms with Crippen molar-refractivity contribution in [3.8, 4) is 0 Å². The predicted octanol–water partition coefficient (Wildman–Crippen LogP) is 2.59. The number of aromatic nitrogens is 2. The van der Waals surface area contributed by atoms with Crippen molar-refractivity contribution in [2.45, 2.75) is 26.4 Å². The van der Waals surface area contributed by atoms with Crippen molar-refractivity contribution in [2.24, 2.45) is 0 Å². The molecule has 0 aliphatic heterocycles. The lowest BCUT2D eigenvalue weighted by Gasteiger charge is -2.05. The van der Waals surface area contributed by atoms with Gasteiger partial charge >= 0.3 is 5.97 Å². The molecular formula is C12H13BrN2O2. The highest BCUT2D eigenvalue weighted by Gasteiger charge is 2.10. The van der Waals surface area contributed by atoms with E-state index in [1.54, 1.807) is 0 Å². The molecule has 0 saturated heterocycles. The monoisotopic (exact) mass is 296 g/mol. The number of carbonyl (C=O) groups excluding carboxylic acids is 1. The smallest absolute Gasteiger partial charge is 0.312 e.